The molecule has 1 aliphatic rings. The largest absolute Gasteiger partial charge is 0.385 e. The molecule has 0 radical (unpaired) electrons. The van der Waals surface area contributed by atoms with E-state index in [4.69, 9.17) is 4.74 Å². The van der Waals surface area contributed by atoms with Crippen molar-refractivity contribution in [3.8, 4) is 0 Å². The second-order valence-corrected chi connectivity index (χ2v) is 7.49. The Hall–Kier alpha value is -2.92. The normalized spacial score (nSPS) is 14.1. The van der Waals surface area contributed by atoms with Crippen molar-refractivity contribution < 1.29 is 14.3 Å². The van der Waals surface area contributed by atoms with Gasteiger partial charge in [0.1, 0.15) is 5.70 Å². The summed E-state index contributed by atoms with van der Waals surface area (Å²) in [6.45, 7) is 5.41. The molecule has 0 saturated carbocycles. The molecule has 5 heteroatoms. The molecule has 0 spiro atoms. The van der Waals surface area contributed by atoms with Crippen LogP contribution < -0.4 is 0 Å². The predicted molar refractivity (Wildman–Crippen MR) is 114 cm³/mol. The van der Waals surface area contributed by atoms with Crippen LogP contribution in [0, 0.1) is 13.8 Å². The fourth-order valence-corrected chi connectivity index (χ4v) is 3.76. The molecule has 0 atom stereocenters. The highest BCUT2D eigenvalue weighted by Crippen LogP contribution is 2.33. The maximum atomic E-state index is 13.3. The molecule has 0 unspecified atom stereocenters. The van der Waals surface area contributed by atoms with Gasteiger partial charge in [0.25, 0.3) is 11.8 Å². The van der Waals surface area contributed by atoms with Gasteiger partial charge in [-0.1, -0.05) is 54.1 Å². The Morgan fingerprint density at radius 2 is 1.72 bits per heavy atom. The van der Waals surface area contributed by atoms with Crippen LogP contribution in [-0.4, -0.2) is 48.9 Å². The van der Waals surface area contributed by atoms with Crippen molar-refractivity contribution in [1.82, 2.24) is 9.80 Å². The zero-order valence-electron chi connectivity index (χ0n) is 17.6. The third-order valence-corrected chi connectivity index (χ3v) is 5.17. The predicted octanol–water partition coefficient (Wildman–Crippen LogP) is 3.55. The van der Waals surface area contributed by atoms with Gasteiger partial charge in [0.2, 0.25) is 0 Å². The number of carbonyl (C=O) groups is 2. The minimum absolute atomic E-state index is 0.229. The van der Waals surface area contributed by atoms with Crippen LogP contribution in [0.15, 0.2) is 54.2 Å². The molecular formula is C24H28N2O3. The summed E-state index contributed by atoms with van der Waals surface area (Å²) in [6.07, 6.45) is 0.615. The van der Waals surface area contributed by atoms with Crippen LogP contribution in [0.25, 0.3) is 5.57 Å². The van der Waals surface area contributed by atoms with E-state index in [9.17, 15) is 9.59 Å². The standard InChI is InChI=1S/C24H28N2O3/c1-17-11-12-20(18(2)15-17)21-22(25(3)16-19-9-6-5-7-10-19)24(28)26(23(21)27)13-8-14-29-4/h5-7,9-12,15H,8,13-14,16H2,1-4H3. The Labute approximate surface area is 172 Å². The lowest BCUT2D eigenvalue weighted by Crippen LogP contribution is -2.35. The summed E-state index contributed by atoms with van der Waals surface area (Å²) in [7, 11) is 3.49. The number of nitrogens with zero attached hydrogens (tertiary/aromatic N) is 2. The number of benzene rings is 2. The summed E-state index contributed by atoms with van der Waals surface area (Å²) in [6, 6.07) is 15.9. The Kier molecular flexibility index (Phi) is 6.49. The summed E-state index contributed by atoms with van der Waals surface area (Å²) in [5, 5.41) is 0. The molecule has 1 heterocycles. The molecule has 0 fully saturated rings. The maximum Gasteiger partial charge on any atom is 0.277 e. The van der Waals surface area contributed by atoms with Gasteiger partial charge < -0.3 is 9.64 Å². The van der Waals surface area contributed by atoms with Gasteiger partial charge >= 0.3 is 0 Å². The number of amides is 2. The molecule has 0 bridgehead atoms. The smallest absolute Gasteiger partial charge is 0.277 e. The van der Waals surface area contributed by atoms with E-state index in [-0.39, 0.29) is 11.8 Å². The van der Waals surface area contributed by atoms with Gasteiger partial charge in [0.15, 0.2) is 0 Å². The molecule has 0 saturated heterocycles. The van der Waals surface area contributed by atoms with Crippen LogP contribution >= 0.6 is 0 Å². The molecule has 2 amide bonds. The van der Waals surface area contributed by atoms with Gasteiger partial charge in [-0.15, -0.1) is 0 Å². The quantitative estimate of drug-likeness (QED) is 0.509. The second-order valence-electron chi connectivity index (χ2n) is 7.49. The number of methoxy groups -OCH3 is 1. The molecule has 29 heavy (non-hydrogen) atoms. The maximum absolute atomic E-state index is 13.3. The molecule has 2 aromatic rings. The van der Waals surface area contributed by atoms with Crippen LogP contribution in [0.5, 0.6) is 0 Å². The van der Waals surface area contributed by atoms with Gasteiger partial charge in [0, 0.05) is 33.9 Å². The number of ether oxygens (including phenoxy) is 1. The van der Waals surface area contributed by atoms with Crippen molar-refractivity contribution in [1.29, 1.82) is 0 Å². The van der Waals surface area contributed by atoms with Gasteiger partial charge in [-0.3, -0.25) is 14.5 Å². The van der Waals surface area contributed by atoms with E-state index in [0.29, 0.717) is 37.4 Å². The molecule has 5 nitrogen and oxygen atoms in total. The summed E-state index contributed by atoms with van der Waals surface area (Å²) in [5.74, 6) is -0.465. The molecule has 0 aliphatic carbocycles. The molecule has 2 aromatic carbocycles. The Bertz CT molecular complexity index is 934. The van der Waals surface area contributed by atoms with E-state index in [1.54, 1.807) is 7.11 Å². The van der Waals surface area contributed by atoms with Gasteiger partial charge in [-0.2, -0.15) is 0 Å². The van der Waals surface area contributed by atoms with Crippen LogP contribution in [-0.2, 0) is 20.9 Å². The Balaban J connectivity index is 2.02. The number of rotatable bonds is 8. The van der Waals surface area contributed by atoms with Crippen LogP contribution in [0.3, 0.4) is 0 Å². The minimum Gasteiger partial charge on any atom is -0.385 e. The zero-order chi connectivity index (χ0) is 21.0. The van der Waals surface area contributed by atoms with E-state index in [2.05, 4.69) is 0 Å². The summed E-state index contributed by atoms with van der Waals surface area (Å²) in [4.78, 5) is 29.8. The number of carbonyl (C=O) groups excluding carboxylic acids is 2. The van der Waals surface area contributed by atoms with E-state index in [1.165, 1.54) is 4.90 Å². The first-order valence-electron chi connectivity index (χ1n) is 9.86. The number of likely N-dealkylation sites (N-methyl/N-ethyl adjacent to an activating group) is 1. The van der Waals surface area contributed by atoms with Crippen molar-refractivity contribution in [2.75, 3.05) is 27.3 Å². The van der Waals surface area contributed by atoms with E-state index in [1.807, 2.05) is 74.3 Å². The molecule has 0 aromatic heterocycles. The first kappa shape index (κ1) is 20.8. The average Bonchev–Trinajstić information content (AvgIpc) is 2.93. The molecule has 1 aliphatic heterocycles. The lowest BCUT2D eigenvalue weighted by Gasteiger charge is -2.21. The van der Waals surface area contributed by atoms with E-state index < -0.39 is 0 Å². The SMILES string of the molecule is COCCCN1C(=O)C(c2ccc(C)cc2C)=C(N(C)Cc2ccccc2)C1=O. The fourth-order valence-electron chi connectivity index (χ4n) is 3.76. The third kappa shape index (κ3) is 4.40. The number of aryl methyl sites for hydroxylation is 2. The topological polar surface area (TPSA) is 49.9 Å². The van der Waals surface area contributed by atoms with Crippen LogP contribution in [0.4, 0.5) is 0 Å². The van der Waals surface area contributed by atoms with Crippen molar-refractivity contribution in [2.45, 2.75) is 26.8 Å². The molecule has 0 N–H and O–H groups in total. The van der Waals surface area contributed by atoms with Crippen LogP contribution in [0.1, 0.15) is 28.7 Å². The highest BCUT2D eigenvalue weighted by atomic mass is 16.5. The summed E-state index contributed by atoms with van der Waals surface area (Å²) in [5.41, 5.74) is 4.97. The van der Waals surface area contributed by atoms with Crippen molar-refractivity contribution in [2.24, 2.45) is 0 Å². The summed E-state index contributed by atoms with van der Waals surface area (Å²) >= 11 is 0. The molecule has 152 valence electrons. The van der Waals surface area contributed by atoms with Crippen LogP contribution in [0.2, 0.25) is 0 Å². The molecule has 3 rings (SSSR count). The first-order chi connectivity index (χ1) is 13.9. The van der Waals surface area contributed by atoms with Gasteiger partial charge in [-0.25, -0.2) is 0 Å². The second kappa shape index (κ2) is 9.05. The first-order valence-corrected chi connectivity index (χ1v) is 9.86. The average molecular weight is 392 g/mol. The van der Waals surface area contributed by atoms with Crippen molar-refractivity contribution in [3.63, 3.8) is 0 Å². The van der Waals surface area contributed by atoms with Crippen molar-refractivity contribution in [3.05, 3.63) is 76.5 Å². The van der Waals surface area contributed by atoms with Crippen molar-refractivity contribution >= 4 is 17.4 Å². The zero-order valence-corrected chi connectivity index (χ0v) is 17.6. The molecular weight excluding hydrogens is 364 g/mol. The number of imide groups is 1. The monoisotopic (exact) mass is 392 g/mol. The lowest BCUT2D eigenvalue weighted by atomic mass is 9.97. The Morgan fingerprint density at radius 1 is 1.00 bits per heavy atom. The van der Waals surface area contributed by atoms with Gasteiger partial charge in [-0.05, 0) is 37.0 Å². The van der Waals surface area contributed by atoms with E-state index in [0.717, 1.165) is 22.3 Å². The number of hydrogen-bond acceptors (Lipinski definition) is 4. The Morgan fingerprint density at radius 3 is 2.38 bits per heavy atom. The fraction of sp³-hybridized carbons (Fsp3) is 0.333. The third-order valence-electron chi connectivity index (χ3n) is 5.17. The highest BCUT2D eigenvalue weighted by Gasteiger charge is 2.40. The minimum atomic E-state index is -0.237. The highest BCUT2D eigenvalue weighted by molar-refractivity contribution is 6.35. The van der Waals surface area contributed by atoms with E-state index >= 15 is 0 Å². The number of hydrogen-bond donors (Lipinski definition) is 0. The van der Waals surface area contributed by atoms with Gasteiger partial charge in [0.05, 0.1) is 5.57 Å². The summed E-state index contributed by atoms with van der Waals surface area (Å²) < 4.78 is 5.10. The lowest BCUT2D eigenvalue weighted by molar-refractivity contribution is -0.137.